The minimum atomic E-state index is 0. The van der Waals surface area contributed by atoms with Crippen LogP contribution >= 0.6 is 24.0 Å². The van der Waals surface area contributed by atoms with E-state index in [0.29, 0.717) is 5.92 Å². The van der Waals surface area contributed by atoms with E-state index in [4.69, 9.17) is 14.5 Å². The minimum absolute atomic E-state index is 0. The Kier molecular flexibility index (Phi) is 11.6. The molecular formula is C22H38IN5O2. The molecule has 2 heterocycles. The van der Waals surface area contributed by atoms with Crippen molar-refractivity contribution in [3.8, 4) is 5.75 Å². The Bertz CT molecular complexity index is 640. The predicted octanol–water partition coefficient (Wildman–Crippen LogP) is 2.42. The number of aliphatic imine (C=N–C) groups is 1. The van der Waals surface area contributed by atoms with Crippen LogP contribution in [0.5, 0.6) is 5.75 Å². The highest BCUT2D eigenvalue weighted by molar-refractivity contribution is 14.0. The van der Waals surface area contributed by atoms with Gasteiger partial charge < -0.3 is 25.0 Å². The van der Waals surface area contributed by atoms with Crippen LogP contribution in [0.25, 0.3) is 0 Å². The van der Waals surface area contributed by atoms with Gasteiger partial charge in [-0.25, -0.2) is 0 Å². The third kappa shape index (κ3) is 7.77. The van der Waals surface area contributed by atoms with Gasteiger partial charge in [-0.3, -0.25) is 9.89 Å². The average molecular weight is 531 g/mol. The molecule has 2 N–H and O–H groups in total. The summed E-state index contributed by atoms with van der Waals surface area (Å²) in [5.74, 6) is 2.46. The number of nitrogens with zero attached hydrogens (tertiary/aromatic N) is 3. The highest BCUT2D eigenvalue weighted by atomic mass is 127. The highest BCUT2D eigenvalue weighted by Gasteiger charge is 2.24. The van der Waals surface area contributed by atoms with Crippen molar-refractivity contribution in [1.29, 1.82) is 0 Å². The first-order chi connectivity index (χ1) is 14.3. The summed E-state index contributed by atoms with van der Waals surface area (Å²) in [6.07, 6.45) is 2.29. The maximum atomic E-state index is 5.52. The first-order valence-electron chi connectivity index (χ1n) is 11.0. The van der Waals surface area contributed by atoms with Gasteiger partial charge in [0.15, 0.2) is 5.96 Å². The number of para-hydroxylation sites is 2. The molecule has 0 spiro atoms. The maximum absolute atomic E-state index is 5.52. The number of rotatable bonds is 9. The number of hydrogen-bond donors (Lipinski definition) is 2. The fraction of sp³-hybridized carbons (Fsp3) is 0.682. The van der Waals surface area contributed by atoms with Crippen LogP contribution in [0.2, 0.25) is 0 Å². The van der Waals surface area contributed by atoms with Crippen LogP contribution in [0.4, 0.5) is 5.69 Å². The molecule has 8 heteroatoms. The normalized spacial score (nSPS) is 20.0. The average Bonchev–Trinajstić information content (AvgIpc) is 3.24. The SMILES string of the molecule is CCNC(=NCC1CCN(c2ccccc2OC)C1)NCCCN1CCOCC1.I. The molecule has 1 atom stereocenters. The number of anilines is 1. The molecule has 7 nitrogen and oxygen atoms in total. The molecule has 2 saturated heterocycles. The lowest BCUT2D eigenvalue weighted by molar-refractivity contribution is 0.0376. The first-order valence-corrected chi connectivity index (χ1v) is 11.0. The zero-order valence-corrected chi connectivity index (χ0v) is 20.8. The quantitative estimate of drug-likeness (QED) is 0.221. The lowest BCUT2D eigenvalue weighted by atomic mass is 10.1. The fourth-order valence-electron chi connectivity index (χ4n) is 3.99. The van der Waals surface area contributed by atoms with Crippen molar-refractivity contribution in [1.82, 2.24) is 15.5 Å². The molecule has 0 saturated carbocycles. The lowest BCUT2D eigenvalue weighted by Crippen LogP contribution is -2.41. The zero-order chi connectivity index (χ0) is 20.3. The van der Waals surface area contributed by atoms with Crippen LogP contribution in [0.3, 0.4) is 0 Å². The van der Waals surface area contributed by atoms with Gasteiger partial charge in [0.2, 0.25) is 0 Å². The minimum Gasteiger partial charge on any atom is -0.495 e. The Morgan fingerprint density at radius 2 is 2.00 bits per heavy atom. The second-order valence-electron chi connectivity index (χ2n) is 7.73. The van der Waals surface area contributed by atoms with Gasteiger partial charge in [0, 0.05) is 45.8 Å². The molecule has 1 aromatic rings. The molecule has 0 radical (unpaired) electrons. The van der Waals surface area contributed by atoms with E-state index in [0.717, 1.165) is 90.1 Å². The summed E-state index contributed by atoms with van der Waals surface area (Å²) in [4.78, 5) is 9.74. The van der Waals surface area contributed by atoms with Gasteiger partial charge in [0.25, 0.3) is 0 Å². The Morgan fingerprint density at radius 3 is 2.77 bits per heavy atom. The van der Waals surface area contributed by atoms with Gasteiger partial charge in [-0.15, -0.1) is 24.0 Å². The van der Waals surface area contributed by atoms with Crippen molar-refractivity contribution in [3.05, 3.63) is 24.3 Å². The second kappa shape index (κ2) is 13.9. The summed E-state index contributed by atoms with van der Waals surface area (Å²) in [5, 5.41) is 6.87. The van der Waals surface area contributed by atoms with E-state index >= 15 is 0 Å². The summed E-state index contributed by atoms with van der Waals surface area (Å²) < 4.78 is 10.9. The summed E-state index contributed by atoms with van der Waals surface area (Å²) >= 11 is 0. The van der Waals surface area contributed by atoms with E-state index in [2.05, 4.69) is 39.5 Å². The Balaban J connectivity index is 0.00000320. The van der Waals surface area contributed by atoms with Crippen LogP contribution in [0.15, 0.2) is 29.3 Å². The molecule has 2 aliphatic rings. The monoisotopic (exact) mass is 531 g/mol. The van der Waals surface area contributed by atoms with Crippen LogP contribution in [-0.2, 0) is 4.74 Å². The number of nitrogens with one attached hydrogen (secondary N) is 2. The van der Waals surface area contributed by atoms with Gasteiger partial charge in [-0.2, -0.15) is 0 Å². The van der Waals surface area contributed by atoms with E-state index in [9.17, 15) is 0 Å². The van der Waals surface area contributed by atoms with Gasteiger partial charge in [-0.05, 0) is 44.4 Å². The molecule has 170 valence electrons. The van der Waals surface area contributed by atoms with Gasteiger partial charge in [0.05, 0.1) is 26.0 Å². The summed E-state index contributed by atoms with van der Waals surface area (Å²) in [6, 6.07) is 8.27. The molecule has 0 aromatic heterocycles. The first kappa shape index (κ1) is 25.0. The summed E-state index contributed by atoms with van der Waals surface area (Å²) in [7, 11) is 1.74. The van der Waals surface area contributed by atoms with Crippen LogP contribution in [0, 0.1) is 5.92 Å². The second-order valence-corrected chi connectivity index (χ2v) is 7.73. The van der Waals surface area contributed by atoms with Gasteiger partial charge in [0.1, 0.15) is 5.75 Å². The smallest absolute Gasteiger partial charge is 0.191 e. The number of hydrogen-bond acceptors (Lipinski definition) is 5. The fourth-order valence-corrected chi connectivity index (χ4v) is 3.99. The van der Waals surface area contributed by atoms with E-state index in [-0.39, 0.29) is 24.0 Å². The molecule has 0 bridgehead atoms. The molecule has 1 aromatic carbocycles. The van der Waals surface area contributed by atoms with Crippen LogP contribution in [0.1, 0.15) is 19.8 Å². The number of methoxy groups -OCH3 is 1. The van der Waals surface area contributed by atoms with E-state index in [1.807, 2.05) is 12.1 Å². The number of guanidine groups is 1. The Morgan fingerprint density at radius 1 is 1.20 bits per heavy atom. The third-order valence-corrected chi connectivity index (χ3v) is 5.61. The molecule has 0 aliphatic carbocycles. The zero-order valence-electron chi connectivity index (χ0n) is 18.4. The molecular weight excluding hydrogens is 493 g/mol. The topological polar surface area (TPSA) is 61.4 Å². The van der Waals surface area contributed by atoms with Crippen molar-refractivity contribution in [2.45, 2.75) is 19.8 Å². The van der Waals surface area contributed by atoms with Crippen molar-refractivity contribution < 1.29 is 9.47 Å². The number of halogens is 1. The van der Waals surface area contributed by atoms with E-state index in [1.54, 1.807) is 7.11 Å². The van der Waals surface area contributed by atoms with Gasteiger partial charge in [-0.1, -0.05) is 12.1 Å². The standard InChI is InChI=1S/C22H37N5O2.HI/c1-3-23-22(24-10-6-11-26-13-15-29-16-14-26)25-17-19-9-12-27(18-19)20-7-4-5-8-21(20)28-2;/h4-5,7-8,19H,3,6,9-18H2,1-2H3,(H2,23,24,25);1H. The summed E-state index contributed by atoms with van der Waals surface area (Å²) in [6.45, 7) is 11.8. The van der Waals surface area contributed by atoms with Crippen LogP contribution in [-0.4, -0.2) is 83.5 Å². The molecule has 2 fully saturated rings. The number of ether oxygens (including phenoxy) is 2. The molecule has 1 unspecified atom stereocenters. The maximum Gasteiger partial charge on any atom is 0.191 e. The van der Waals surface area contributed by atoms with Crippen molar-refractivity contribution >= 4 is 35.6 Å². The van der Waals surface area contributed by atoms with E-state index in [1.165, 1.54) is 5.69 Å². The predicted molar refractivity (Wildman–Crippen MR) is 135 cm³/mol. The molecule has 30 heavy (non-hydrogen) atoms. The molecule has 2 aliphatic heterocycles. The van der Waals surface area contributed by atoms with E-state index < -0.39 is 0 Å². The molecule has 3 rings (SSSR count). The van der Waals surface area contributed by atoms with Crippen LogP contribution < -0.4 is 20.3 Å². The third-order valence-electron chi connectivity index (χ3n) is 5.61. The van der Waals surface area contributed by atoms with Gasteiger partial charge >= 0.3 is 0 Å². The van der Waals surface area contributed by atoms with Crippen molar-refractivity contribution in [2.75, 3.05) is 77.6 Å². The lowest BCUT2D eigenvalue weighted by Gasteiger charge is -2.26. The highest BCUT2D eigenvalue weighted by Crippen LogP contribution is 2.31. The number of morpholine rings is 1. The molecule has 0 amide bonds. The largest absolute Gasteiger partial charge is 0.495 e. The van der Waals surface area contributed by atoms with Crippen molar-refractivity contribution in [2.24, 2.45) is 10.9 Å². The Hall–Kier alpha value is -1.26. The summed E-state index contributed by atoms with van der Waals surface area (Å²) in [5.41, 5.74) is 1.19. The number of benzene rings is 1. The van der Waals surface area contributed by atoms with Crippen molar-refractivity contribution in [3.63, 3.8) is 0 Å². The Labute approximate surface area is 198 Å².